The van der Waals surface area contributed by atoms with Crippen LogP contribution in [-0.4, -0.2) is 25.4 Å². The molecule has 7 heteroatoms. The first-order valence-electron chi connectivity index (χ1n) is 17.4. The van der Waals surface area contributed by atoms with Crippen molar-refractivity contribution < 1.29 is 28.6 Å². The number of carbonyl (C=O) groups is 2. The van der Waals surface area contributed by atoms with Crippen molar-refractivity contribution >= 4 is 30.6 Å². The number of aromatic hydroxyl groups is 1. The highest BCUT2D eigenvalue weighted by molar-refractivity contribution is 7.00. The fourth-order valence-corrected chi connectivity index (χ4v) is 11.5. The van der Waals surface area contributed by atoms with Crippen molar-refractivity contribution in [2.45, 2.75) is 80.4 Å². The molecule has 264 valence electrons. The van der Waals surface area contributed by atoms with Crippen molar-refractivity contribution in [1.82, 2.24) is 0 Å². The number of ether oxygens (including phenoxy) is 2. The summed E-state index contributed by atoms with van der Waals surface area (Å²) < 4.78 is 19.1. The molecule has 0 heterocycles. The minimum Gasteiger partial charge on any atom is -0.534 e. The smallest absolute Gasteiger partial charge is 0.347 e. The SMILES string of the molecule is CCc1c(C)c(C(=O)OCc2ccccc2)c(C)c(C)c1OC(=O)c1c(C)cc(O[Si](c2ccccc2)(c2ccccc2)C(C)(C)C)c(C)c1O. The Balaban J connectivity index is 1.52. The predicted octanol–water partition coefficient (Wildman–Crippen LogP) is 9.01. The van der Waals surface area contributed by atoms with Crippen LogP contribution in [0, 0.1) is 34.6 Å². The number of phenols is 1. The summed E-state index contributed by atoms with van der Waals surface area (Å²) in [5, 5.41) is 13.6. The van der Waals surface area contributed by atoms with Crippen molar-refractivity contribution in [3.8, 4) is 17.2 Å². The van der Waals surface area contributed by atoms with Gasteiger partial charge in [0, 0.05) is 5.56 Å². The molecule has 0 saturated carbocycles. The van der Waals surface area contributed by atoms with E-state index in [9.17, 15) is 14.7 Å². The van der Waals surface area contributed by atoms with Gasteiger partial charge in [0.1, 0.15) is 29.4 Å². The number of esters is 2. The lowest BCUT2D eigenvalue weighted by molar-refractivity contribution is 0.0470. The number of benzene rings is 5. The molecule has 0 saturated heterocycles. The van der Waals surface area contributed by atoms with Crippen molar-refractivity contribution in [2.75, 3.05) is 0 Å². The van der Waals surface area contributed by atoms with Gasteiger partial charge >= 0.3 is 20.3 Å². The van der Waals surface area contributed by atoms with Crippen LogP contribution in [0.3, 0.4) is 0 Å². The van der Waals surface area contributed by atoms with Crippen LogP contribution >= 0.6 is 0 Å². The van der Waals surface area contributed by atoms with Crippen molar-refractivity contribution in [2.24, 2.45) is 0 Å². The molecule has 0 fully saturated rings. The first-order chi connectivity index (χ1) is 24.2. The topological polar surface area (TPSA) is 82.1 Å². The van der Waals surface area contributed by atoms with Crippen molar-refractivity contribution in [3.05, 3.63) is 147 Å². The van der Waals surface area contributed by atoms with E-state index in [-0.39, 0.29) is 23.0 Å². The molecular weight excluding hydrogens is 653 g/mol. The van der Waals surface area contributed by atoms with E-state index in [2.05, 4.69) is 45.0 Å². The summed E-state index contributed by atoms with van der Waals surface area (Å²) in [6.45, 7) is 17.8. The van der Waals surface area contributed by atoms with E-state index in [1.807, 2.05) is 100 Å². The van der Waals surface area contributed by atoms with Crippen LogP contribution < -0.4 is 19.5 Å². The first kappa shape index (κ1) is 37.1. The molecule has 6 nitrogen and oxygen atoms in total. The van der Waals surface area contributed by atoms with E-state index >= 15 is 0 Å². The quantitative estimate of drug-likeness (QED) is 0.0890. The largest absolute Gasteiger partial charge is 0.534 e. The Labute approximate surface area is 303 Å². The van der Waals surface area contributed by atoms with Crippen molar-refractivity contribution in [1.29, 1.82) is 0 Å². The third kappa shape index (κ3) is 7.08. The van der Waals surface area contributed by atoms with E-state index in [4.69, 9.17) is 13.9 Å². The molecule has 0 aromatic heterocycles. The molecule has 0 unspecified atom stereocenters. The molecule has 0 spiro atoms. The average molecular weight is 701 g/mol. The lowest BCUT2D eigenvalue weighted by Gasteiger charge is -2.43. The Hall–Kier alpha value is -5.14. The van der Waals surface area contributed by atoms with Crippen LogP contribution in [0.15, 0.2) is 97.1 Å². The van der Waals surface area contributed by atoms with Crippen LogP contribution in [-0.2, 0) is 17.8 Å². The number of phenolic OH excluding ortho intramolecular Hbond substituents is 1. The van der Waals surface area contributed by atoms with Gasteiger partial charge in [-0.15, -0.1) is 0 Å². The molecule has 0 radical (unpaired) electrons. The Morgan fingerprint density at radius 1 is 0.686 bits per heavy atom. The van der Waals surface area contributed by atoms with Gasteiger partial charge in [-0.05, 0) is 95.9 Å². The van der Waals surface area contributed by atoms with E-state index in [1.54, 1.807) is 13.8 Å². The zero-order chi connectivity index (χ0) is 37.1. The Bertz CT molecular complexity index is 2010. The lowest BCUT2D eigenvalue weighted by Crippen LogP contribution is -2.68. The second-order valence-corrected chi connectivity index (χ2v) is 18.4. The average Bonchev–Trinajstić information content (AvgIpc) is 3.11. The standard InChI is InChI=1S/C44H48O6Si/c1-10-36-31(5)39(42(46)48-27-33-20-14-11-15-21-33)29(3)30(4)41(36)49-43(47)38-28(2)26-37(32(6)40(38)45)50-51(44(7,8)9,34-22-16-12-17-23-34)35-24-18-13-19-25-35/h11-26,45H,10,27H2,1-9H3. The lowest BCUT2D eigenvalue weighted by atomic mass is 9.91. The number of hydrogen-bond donors (Lipinski definition) is 1. The molecule has 0 bridgehead atoms. The zero-order valence-corrected chi connectivity index (χ0v) is 32.1. The summed E-state index contributed by atoms with van der Waals surface area (Å²) in [6, 6.07) is 31.9. The third-order valence-electron chi connectivity index (χ3n) is 9.93. The monoisotopic (exact) mass is 700 g/mol. The molecule has 0 aliphatic heterocycles. The van der Waals surface area contributed by atoms with E-state index in [1.165, 1.54) is 0 Å². The normalized spacial score (nSPS) is 11.6. The van der Waals surface area contributed by atoms with Crippen LogP contribution in [0.25, 0.3) is 0 Å². The molecule has 5 rings (SSSR count). The molecule has 0 aliphatic carbocycles. The minimum atomic E-state index is -3.01. The van der Waals surface area contributed by atoms with Gasteiger partial charge in [0.2, 0.25) is 0 Å². The first-order valence-corrected chi connectivity index (χ1v) is 19.3. The highest BCUT2D eigenvalue weighted by atomic mass is 28.4. The molecule has 5 aromatic rings. The zero-order valence-electron chi connectivity index (χ0n) is 31.1. The number of hydrogen-bond acceptors (Lipinski definition) is 6. The summed E-state index contributed by atoms with van der Waals surface area (Å²) in [7, 11) is -3.01. The minimum absolute atomic E-state index is 0.0744. The molecule has 0 aliphatic rings. The van der Waals surface area contributed by atoms with Gasteiger partial charge in [-0.1, -0.05) is 119 Å². The van der Waals surface area contributed by atoms with Gasteiger partial charge in [-0.2, -0.15) is 0 Å². The second kappa shape index (κ2) is 15.0. The maximum absolute atomic E-state index is 14.0. The van der Waals surface area contributed by atoms with Gasteiger partial charge in [0.25, 0.3) is 0 Å². The van der Waals surface area contributed by atoms with E-state index in [0.717, 1.165) is 21.5 Å². The van der Waals surface area contributed by atoms with Crippen LogP contribution in [0.5, 0.6) is 17.2 Å². The van der Waals surface area contributed by atoms with Gasteiger partial charge in [0.15, 0.2) is 0 Å². The third-order valence-corrected chi connectivity index (χ3v) is 14.9. The maximum atomic E-state index is 14.0. The molecule has 0 atom stereocenters. The van der Waals surface area contributed by atoms with Crippen LogP contribution in [0.4, 0.5) is 0 Å². The van der Waals surface area contributed by atoms with Crippen LogP contribution in [0.2, 0.25) is 5.04 Å². The summed E-state index contributed by atoms with van der Waals surface area (Å²) in [6.07, 6.45) is 0.518. The maximum Gasteiger partial charge on any atom is 0.347 e. The molecule has 1 N–H and O–H groups in total. The Kier molecular flexibility index (Phi) is 10.9. The summed E-state index contributed by atoms with van der Waals surface area (Å²) >= 11 is 0. The summed E-state index contributed by atoms with van der Waals surface area (Å²) in [5.74, 6) is -0.378. The van der Waals surface area contributed by atoms with Gasteiger partial charge in [-0.3, -0.25) is 0 Å². The van der Waals surface area contributed by atoms with Gasteiger partial charge in [-0.25, -0.2) is 9.59 Å². The van der Waals surface area contributed by atoms with Crippen molar-refractivity contribution in [3.63, 3.8) is 0 Å². The molecular formula is C44H48O6Si. The summed E-state index contributed by atoms with van der Waals surface area (Å²) in [5.41, 5.74) is 5.21. The highest BCUT2D eigenvalue weighted by Gasteiger charge is 2.52. The number of aryl methyl sites for hydroxylation is 1. The number of carbonyl (C=O) groups excluding carboxylic acids is 2. The Morgan fingerprint density at radius 3 is 1.73 bits per heavy atom. The van der Waals surface area contributed by atoms with E-state index in [0.29, 0.717) is 51.3 Å². The van der Waals surface area contributed by atoms with Crippen LogP contribution in [0.1, 0.15) is 87.4 Å². The highest BCUT2D eigenvalue weighted by Crippen LogP contribution is 2.42. The predicted molar refractivity (Wildman–Crippen MR) is 206 cm³/mol. The fourth-order valence-electron chi connectivity index (χ4n) is 7.04. The Morgan fingerprint density at radius 2 is 1.22 bits per heavy atom. The number of rotatable bonds is 10. The molecule has 0 amide bonds. The summed E-state index contributed by atoms with van der Waals surface area (Å²) in [4.78, 5) is 27.4. The van der Waals surface area contributed by atoms with E-state index < -0.39 is 20.3 Å². The second-order valence-electron chi connectivity index (χ2n) is 14.2. The fraction of sp³-hybridized carbons (Fsp3) is 0.273. The van der Waals surface area contributed by atoms with Gasteiger partial charge in [0.05, 0.1) is 5.56 Å². The molecule has 5 aromatic carbocycles. The molecule has 51 heavy (non-hydrogen) atoms. The van der Waals surface area contributed by atoms with Gasteiger partial charge < -0.3 is 19.0 Å².